The fourth-order valence-electron chi connectivity index (χ4n) is 3.95. The van der Waals surface area contributed by atoms with E-state index >= 15 is 0 Å². The molecule has 0 spiro atoms. The molecule has 5 rings (SSSR count). The highest BCUT2D eigenvalue weighted by Crippen LogP contribution is 2.29. The van der Waals surface area contributed by atoms with Crippen LogP contribution in [0, 0.1) is 0 Å². The van der Waals surface area contributed by atoms with E-state index in [1.807, 2.05) is 24.3 Å². The van der Waals surface area contributed by atoms with Crippen LogP contribution in [-0.4, -0.2) is 32.7 Å². The van der Waals surface area contributed by atoms with Crippen molar-refractivity contribution in [2.24, 2.45) is 0 Å². The molecule has 0 bridgehead atoms. The maximum Gasteiger partial charge on any atom is 0.332 e. The Morgan fingerprint density at radius 2 is 2.00 bits per heavy atom. The lowest BCUT2D eigenvalue weighted by atomic mass is 10.2. The van der Waals surface area contributed by atoms with E-state index in [2.05, 4.69) is 10.3 Å². The number of fused-ring (bicyclic) bond motifs is 3. The van der Waals surface area contributed by atoms with Crippen molar-refractivity contribution >= 4 is 43.4 Å². The summed E-state index contributed by atoms with van der Waals surface area (Å²) >= 11 is 1.24. The molecule has 4 heterocycles. The topological polar surface area (TPSA) is 95.2 Å². The number of pyridine rings is 1. The molecule has 0 aliphatic carbocycles. The number of benzene rings is 1. The standard InChI is InChI=1S/C22H20N4O4S/c27-17(24-14-6-2-1-3-7-14)13-25-18-16-9-4-10-23-20(16)31-19(18)21(28)26(22(25)29)12-15-8-5-11-30-15/h1-4,6-7,9-10,15H,5,8,11-13H2,(H,24,27)/t15-/m0/s1. The number of para-hydroxylation sites is 1. The Labute approximate surface area is 180 Å². The molecule has 158 valence electrons. The Kier molecular flexibility index (Phi) is 5.13. The molecule has 1 aromatic carbocycles. The van der Waals surface area contributed by atoms with Gasteiger partial charge in [-0.25, -0.2) is 9.78 Å². The third kappa shape index (κ3) is 3.66. The third-order valence-electron chi connectivity index (χ3n) is 5.38. The minimum Gasteiger partial charge on any atom is -0.376 e. The molecule has 8 nitrogen and oxygen atoms in total. The molecule has 0 saturated carbocycles. The lowest BCUT2D eigenvalue weighted by Gasteiger charge is -2.15. The third-order valence-corrected chi connectivity index (χ3v) is 6.47. The minimum atomic E-state index is -0.514. The minimum absolute atomic E-state index is 0.176. The Bertz CT molecular complexity index is 1380. The average molecular weight is 436 g/mol. The largest absolute Gasteiger partial charge is 0.376 e. The number of carbonyl (C=O) groups excluding carboxylic acids is 1. The van der Waals surface area contributed by atoms with Gasteiger partial charge in [0.05, 0.1) is 18.2 Å². The van der Waals surface area contributed by atoms with E-state index in [1.54, 1.807) is 24.4 Å². The highest BCUT2D eigenvalue weighted by molar-refractivity contribution is 7.25. The number of hydrogen-bond donors (Lipinski definition) is 1. The van der Waals surface area contributed by atoms with E-state index in [0.717, 1.165) is 12.8 Å². The number of carbonyl (C=O) groups is 1. The van der Waals surface area contributed by atoms with E-state index < -0.39 is 5.69 Å². The smallest absolute Gasteiger partial charge is 0.332 e. The summed E-state index contributed by atoms with van der Waals surface area (Å²) in [6, 6.07) is 12.6. The molecule has 1 atom stereocenters. The van der Waals surface area contributed by atoms with Crippen LogP contribution < -0.4 is 16.6 Å². The number of amides is 1. The summed E-state index contributed by atoms with van der Waals surface area (Å²) in [5.74, 6) is -0.347. The van der Waals surface area contributed by atoms with Gasteiger partial charge in [0.1, 0.15) is 16.1 Å². The Morgan fingerprint density at radius 3 is 2.77 bits per heavy atom. The number of rotatable bonds is 5. The van der Waals surface area contributed by atoms with Gasteiger partial charge in [-0.15, -0.1) is 11.3 Å². The van der Waals surface area contributed by atoms with Gasteiger partial charge in [-0.05, 0) is 37.1 Å². The molecule has 9 heteroatoms. The van der Waals surface area contributed by atoms with Crippen LogP contribution in [0.5, 0.6) is 0 Å². The van der Waals surface area contributed by atoms with Crippen LogP contribution in [0.15, 0.2) is 58.3 Å². The normalized spacial score (nSPS) is 16.2. The van der Waals surface area contributed by atoms with E-state index in [9.17, 15) is 14.4 Å². The number of nitrogens with one attached hydrogen (secondary N) is 1. The molecule has 1 N–H and O–H groups in total. The van der Waals surface area contributed by atoms with Crippen molar-refractivity contribution in [2.75, 3.05) is 11.9 Å². The fraction of sp³-hybridized carbons (Fsp3) is 0.273. The average Bonchev–Trinajstić information content (AvgIpc) is 3.43. The predicted molar refractivity (Wildman–Crippen MR) is 120 cm³/mol. The first-order valence-corrected chi connectivity index (χ1v) is 10.9. The van der Waals surface area contributed by atoms with Crippen LogP contribution in [0.3, 0.4) is 0 Å². The van der Waals surface area contributed by atoms with Gasteiger partial charge in [0.25, 0.3) is 5.56 Å². The molecule has 1 amide bonds. The summed E-state index contributed by atoms with van der Waals surface area (Å²) in [7, 11) is 0. The molecule has 0 radical (unpaired) electrons. The maximum absolute atomic E-state index is 13.4. The zero-order valence-electron chi connectivity index (χ0n) is 16.6. The highest BCUT2D eigenvalue weighted by Gasteiger charge is 2.23. The quantitative estimate of drug-likeness (QED) is 0.519. The summed E-state index contributed by atoms with van der Waals surface area (Å²) in [4.78, 5) is 44.4. The van der Waals surface area contributed by atoms with Gasteiger partial charge in [-0.2, -0.15) is 0 Å². The molecule has 4 aromatic rings. The summed E-state index contributed by atoms with van der Waals surface area (Å²) in [5, 5.41) is 3.50. The number of ether oxygens (including phenoxy) is 1. The van der Waals surface area contributed by atoms with Crippen molar-refractivity contribution < 1.29 is 9.53 Å². The molecule has 31 heavy (non-hydrogen) atoms. The molecule has 3 aromatic heterocycles. The van der Waals surface area contributed by atoms with Crippen LogP contribution in [0.4, 0.5) is 5.69 Å². The first kappa shape index (κ1) is 19.7. The number of nitrogens with zero attached hydrogens (tertiary/aromatic N) is 3. The van der Waals surface area contributed by atoms with Gasteiger partial charge in [-0.3, -0.25) is 18.7 Å². The van der Waals surface area contributed by atoms with Gasteiger partial charge in [0.2, 0.25) is 5.91 Å². The van der Waals surface area contributed by atoms with Gasteiger partial charge >= 0.3 is 5.69 Å². The second-order valence-corrected chi connectivity index (χ2v) is 8.47. The van der Waals surface area contributed by atoms with Crippen molar-refractivity contribution in [3.05, 3.63) is 69.5 Å². The van der Waals surface area contributed by atoms with Gasteiger partial charge in [-0.1, -0.05) is 18.2 Å². The number of hydrogen-bond acceptors (Lipinski definition) is 6. The van der Waals surface area contributed by atoms with E-state index in [4.69, 9.17) is 4.74 Å². The van der Waals surface area contributed by atoms with E-state index in [-0.39, 0.29) is 30.7 Å². The molecule has 0 unspecified atom stereocenters. The molecule has 1 aliphatic heterocycles. The van der Waals surface area contributed by atoms with E-state index in [1.165, 1.54) is 20.5 Å². The van der Waals surface area contributed by atoms with Crippen molar-refractivity contribution in [2.45, 2.75) is 32.0 Å². The van der Waals surface area contributed by atoms with Crippen LogP contribution >= 0.6 is 11.3 Å². The SMILES string of the molecule is O=C(Cn1c(=O)n(C[C@@H]2CCCO2)c(=O)c2sc3ncccc3c21)Nc1ccccc1. The first-order chi connectivity index (χ1) is 15.1. The zero-order valence-corrected chi connectivity index (χ0v) is 17.4. The number of thiophene rings is 1. The molecule has 1 fully saturated rings. The van der Waals surface area contributed by atoms with Crippen molar-refractivity contribution in [3.63, 3.8) is 0 Å². The molecule has 1 aliphatic rings. The molecular weight excluding hydrogens is 416 g/mol. The van der Waals surface area contributed by atoms with Crippen LogP contribution in [0.2, 0.25) is 0 Å². The number of anilines is 1. The second kappa shape index (κ2) is 8.09. The monoisotopic (exact) mass is 436 g/mol. The Balaban J connectivity index is 1.64. The predicted octanol–water partition coefficient (Wildman–Crippen LogP) is 2.59. The lowest BCUT2D eigenvalue weighted by Crippen LogP contribution is -2.43. The van der Waals surface area contributed by atoms with Crippen molar-refractivity contribution in [1.29, 1.82) is 0 Å². The summed E-state index contributed by atoms with van der Waals surface area (Å²) in [6.45, 7) is 0.592. The number of aromatic nitrogens is 3. The maximum atomic E-state index is 13.4. The van der Waals surface area contributed by atoms with Crippen LogP contribution in [-0.2, 0) is 22.6 Å². The van der Waals surface area contributed by atoms with Crippen molar-refractivity contribution in [3.8, 4) is 0 Å². The Hall–Kier alpha value is -3.30. The second-order valence-electron chi connectivity index (χ2n) is 7.47. The lowest BCUT2D eigenvalue weighted by molar-refractivity contribution is -0.116. The summed E-state index contributed by atoms with van der Waals surface area (Å²) < 4.78 is 8.63. The summed E-state index contributed by atoms with van der Waals surface area (Å²) in [5.41, 5.74) is 0.217. The van der Waals surface area contributed by atoms with E-state index in [0.29, 0.717) is 32.7 Å². The fourth-order valence-corrected chi connectivity index (χ4v) is 5.04. The van der Waals surface area contributed by atoms with Crippen molar-refractivity contribution in [1.82, 2.24) is 14.1 Å². The first-order valence-electron chi connectivity index (χ1n) is 10.1. The van der Waals surface area contributed by atoms with Crippen LogP contribution in [0.25, 0.3) is 20.4 Å². The molecule has 1 saturated heterocycles. The zero-order chi connectivity index (χ0) is 21.4. The van der Waals surface area contributed by atoms with Crippen LogP contribution in [0.1, 0.15) is 12.8 Å². The molecular formula is C22H20N4O4S. The van der Waals surface area contributed by atoms with Gasteiger partial charge in [0.15, 0.2) is 0 Å². The summed E-state index contributed by atoms with van der Waals surface area (Å²) in [6.07, 6.45) is 3.17. The highest BCUT2D eigenvalue weighted by atomic mass is 32.1. The Morgan fingerprint density at radius 1 is 1.16 bits per heavy atom. The van der Waals surface area contributed by atoms with Gasteiger partial charge < -0.3 is 10.1 Å². The van der Waals surface area contributed by atoms with Gasteiger partial charge in [0, 0.05) is 23.9 Å².